The van der Waals surface area contributed by atoms with Gasteiger partial charge in [0.15, 0.2) is 0 Å². The second kappa shape index (κ2) is 12.2. The summed E-state index contributed by atoms with van der Waals surface area (Å²) in [6.07, 6.45) is 0.705. The number of ether oxygens (including phenoxy) is 1. The standard InChI is InChI=1S/C30H32N4O3S2/c1-20-10-7-8-13-23(20)34-30-26(27(32-34)22-11-5-4-6-12-22)29(28-21(2)14-17-38-28)39-19-25(36)33(30)18-24(35)31-15-9-16-37-3/h4-8,10-14,17,29H,9,15-16,18-19H2,1-3H3,(H,31,35). The lowest BCUT2D eigenvalue weighted by molar-refractivity contribution is -0.122. The van der Waals surface area contributed by atoms with Gasteiger partial charge in [0.2, 0.25) is 11.8 Å². The minimum Gasteiger partial charge on any atom is -0.385 e. The Morgan fingerprint density at radius 2 is 1.85 bits per heavy atom. The molecule has 1 N–H and O–H groups in total. The molecule has 0 fully saturated rings. The predicted octanol–water partition coefficient (Wildman–Crippen LogP) is 5.54. The Kier molecular flexibility index (Phi) is 8.50. The van der Waals surface area contributed by atoms with Gasteiger partial charge in [-0.05, 0) is 48.9 Å². The molecule has 39 heavy (non-hydrogen) atoms. The Hall–Kier alpha value is -3.40. The van der Waals surface area contributed by atoms with Crippen molar-refractivity contribution in [2.45, 2.75) is 25.5 Å². The van der Waals surface area contributed by atoms with Crippen molar-refractivity contribution >= 4 is 40.7 Å². The fraction of sp³-hybridized carbons (Fsp3) is 0.300. The van der Waals surface area contributed by atoms with Gasteiger partial charge in [-0.15, -0.1) is 23.1 Å². The number of nitrogens with one attached hydrogen (secondary N) is 1. The predicted molar refractivity (Wildman–Crippen MR) is 159 cm³/mol. The molecule has 2 aromatic carbocycles. The molecule has 0 saturated heterocycles. The molecule has 1 unspecified atom stereocenters. The number of anilines is 1. The van der Waals surface area contributed by atoms with Gasteiger partial charge < -0.3 is 10.1 Å². The van der Waals surface area contributed by atoms with Gasteiger partial charge in [-0.1, -0.05) is 48.5 Å². The van der Waals surface area contributed by atoms with Crippen molar-refractivity contribution in [2.24, 2.45) is 0 Å². The number of aryl methyl sites for hydroxylation is 2. The van der Waals surface area contributed by atoms with Crippen molar-refractivity contribution in [3.8, 4) is 16.9 Å². The number of methoxy groups -OCH3 is 1. The molecule has 2 amide bonds. The van der Waals surface area contributed by atoms with Crippen LogP contribution in [0.3, 0.4) is 0 Å². The first kappa shape index (κ1) is 27.2. The van der Waals surface area contributed by atoms with Gasteiger partial charge in [0.05, 0.1) is 22.4 Å². The number of hydrogen-bond acceptors (Lipinski definition) is 6. The van der Waals surface area contributed by atoms with Crippen molar-refractivity contribution < 1.29 is 14.3 Å². The van der Waals surface area contributed by atoms with Crippen LogP contribution >= 0.6 is 23.1 Å². The lowest BCUT2D eigenvalue weighted by Gasteiger charge is -2.23. The van der Waals surface area contributed by atoms with E-state index in [-0.39, 0.29) is 29.4 Å². The molecule has 3 heterocycles. The van der Waals surface area contributed by atoms with Crippen LogP contribution in [0.4, 0.5) is 5.82 Å². The molecular formula is C30H32N4O3S2. The zero-order valence-corrected chi connectivity index (χ0v) is 24.0. The number of nitrogens with zero attached hydrogens (tertiary/aromatic N) is 3. The molecule has 1 atom stereocenters. The van der Waals surface area contributed by atoms with Crippen LogP contribution in [0.15, 0.2) is 66.0 Å². The maximum absolute atomic E-state index is 13.8. The number of rotatable bonds is 9. The van der Waals surface area contributed by atoms with E-state index in [1.807, 2.05) is 66.2 Å². The Labute approximate surface area is 237 Å². The zero-order valence-electron chi connectivity index (χ0n) is 22.3. The molecule has 0 aliphatic carbocycles. The van der Waals surface area contributed by atoms with E-state index in [0.29, 0.717) is 25.4 Å². The van der Waals surface area contributed by atoms with Gasteiger partial charge >= 0.3 is 0 Å². The van der Waals surface area contributed by atoms with Crippen molar-refractivity contribution in [1.29, 1.82) is 0 Å². The van der Waals surface area contributed by atoms with E-state index >= 15 is 0 Å². The largest absolute Gasteiger partial charge is 0.385 e. The van der Waals surface area contributed by atoms with E-state index < -0.39 is 0 Å². The molecular weight excluding hydrogens is 528 g/mol. The molecule has 9 heteroatoms. The quantitative estimate of drug-likeness (QED) is 0.272. The fourth-order valence-corrected chi connectivity index (χ4v) is 7.27. The minimum absolute atomic E-state index is 0.0820. The lowest BCUT2D eigenvalue weighted by atomic mass is 10.0. The molecule has 4 aromatic rings. The Balaban J connectivity index is 1.72. The summed E-state index contributed by atoms with van der Waals surface area (Å²) >= 11 is 3.30. The molecule has 2 aromatic heterocycles. The maximum Gasteiger partial charge on any atom is 0.240 e. The third-order valence-corrected chi connectivity index (χ3v) is 9.22. The smallest absolute Gasteiger partial charge is 0.240 e. The highest BCUT2D eigenvalue weighted by Crippen LogP contribution is 2.50. The van der Waals surface area contributed by atoms with E-state index in [1.165, 1.54) is 10.4 Å². The number of thioether (sulfide) groups is 1. The number of thiophene rings is 1. The topological polar surface area (TPSA) is 76.5 Å². The summed E-state index contributed by atoms with van der Waals surface area (Å²) in [5.74, 6) is 0.595. The van der Waals surface area contributed by atoms with Crippen LogP contribution < -0.4 is 10.2 Å². The summed E-state index contributed by atoms with van der Waals surface area (Å²) in [5.41, 5.74) is 5.84. The van der Waals surface area contributed by atoms with Gasteiger partial charge in [-0.25, -0.2) is 4.68 Å². The number of para-hydroxylation sites is 1. The monoisotopic (exact) mass is 560 g/mol. The van der Waals surface area contributed by atoms with E-state index in [2.05, 4.69) is 23.7 Å². The van der Waals surface area contributed by atoms with Gasteiger partial charge in [0, 0.05) is 36.3 Å². The van der Waals surface area contributed by atoms with Crippen molar-refractivity contribution in [3.05, 3.63) is 87.6 Å². The molecule has 202 valence electrons. The average molecular weight is 561 g/mol. The van der Waals surface area contributed by atoms with Gasteiger partial charge in [-0.3, -0.25) is 14.5 Å². The van der Waals surface area contributed by atoms with E-state index in [4.69, 9.17) is 9.84 Å². The first-order chi connectivity index (χ1) is 19.0. The van der Waals surface area contributed by atoms with E-state index in [9.17, 15) is 9.59 Å². The molecule has 1 aliphatic heterocycles. The highest BCUT2D eigenvalue weighted by atomic mass is 32.2. The molecule has 0 saturated carbocycles. The maximum atomic E-state index is 13.8. The number of fused-ring (bicyclic) bond motifs is 1. The Morgan fingerprint density at radius 3 is 2.56 bits per heavy atom. The molecule has 0 radical (unpaired) electrons. The molecule has 1 aliphatic rings. The highest BCUT2D eigenvalue weighted by Gasteiger charge is 2.38. The van der Waals surface area contributed by atoms with Crippen LogP contribution in [0.2, 0.25) is 0 Å². The van der Waals surface area contributed by atoms with Crippen LogP contribution in [-0.4, -0.2) is 54.2 Å². The van der Waals surface area contributed by atoms with Crippen molar-refractivity contribution in [2.75, 3.05) is 37.5 Å². The summed E-state index contributed by atoms with van der Waals surface area (Å²) in [4.78, 5) is 29.7. The van der Waals surface area contributed by atoms with Crippen molar-refractivity contribution in [1.82, 2.24) is 15.1 Å². The second-order valence-corrected chi connectivity index (χ2v) is 11.5. The Morgan fingerprint density at radius 1 is 1.08 bits per heavy atom. The van der Waals surface area contributed by atoms with Crippen LogP contribution in [0.1, 0.15) is 33.2 Å². The fourth-order valence-electron chi connectivity index (χ4n) is 4.80. The van der Waals surface area contributed by atoms with Crippen LogP contribution in [0, 0.1) is 13.8 Å². The summed E-state index contributed by atoms with van der Waals surface area (Å²) in [7, 11) is 1.64. The molecule has 0 bridgehead atoms. The number of carbonyl (C=O) groups is 2. The normalized spacial score (nSPS) is 15.2. The average Bonchev–Trinajstić information content (AvgIpc) is 3.51. The molecule has 5 rings (SSSR count). The minimum atomic E-state index is -0.208. The van der Waals surface area contributed by atoms with Crippen LogP contribution in [0.5, 0.6) is 0 Å². The number of benzene rings is 2. The van der Waals surface area contributed by atoms with Gasteiger partial charge in [-0.2, -0.15) is 5.10 Å². The number of hydrogen-bond donors (Lipinski definition) is 1. The van der Waals surface area contributed by atoms with Gasteiger partial charge in [0.25, 0.3) is 0 Å². The van der Waals surface area contributed by atoms with Crippen molar-refractivity contribution in [3.63, 3.8) is 0 Å². The summed E-state index contributed by atoms with van der Waals surface area (Å²) in [5, 5.41) is 10.1. The first-order valence-electron chi connectivity index (χ1n) is 13.0. The first-order valence-corrected chi connectivity index (χ1v) is 14.9. The van der Waals surface area contributed by atoms with E-state index in [1.54, 1.807) is 35.1 Å². The Bertz CT molecular complexity index is 1460. The SMILES string of the molecule is COCCCNC(=O)CN1C(=O)CSC(c2sccc2C)c2c(-c3ccccc3)nn(-c3ccccc3C)c21. The highest BCUT2D eigenvalue weighted by molar-refractivity contribution is 8.00. The second-order valence-electron chi connectivity index (χ2n) is 9.49. The van der Waals surface area contributed by atoms with Crippen LogP contribution in [-0.2, 0) is 14.3 Å². The number of carbonyl (C=O) groups excluding carboxylic acids is 2. The molecule has 0 spiro atoms. The zero-order chi connectivity index (χ0) is 27.4. The van der Waals surface area contributed by atoms with Gasteiger partial charge in [0.1, 0.15) is 12.4 Å². The summed E-state index contributed by atoms with van der Waals surface area (Å²) in [6, 6.07) is 20.2. The summed E-state index contributed by atoms with van der Waals surface area (Å²) in [6.45, 7) is 5.11. The van der Waals surface area contributed by atoms with E-state index in [0.717, 1.165) is 28.1 Å². The molecule has 7 nitrogen and oxygen atoms in total. The summed E-state index contributed by atoms with van der Waals surface area (Å²) < 4.78 is 6.97. The number of aromatic nitrogens is 2. The van der Waals surface area contributed by atoms with Crippen LogP contribution in [0.25, 0.3) is 16.9 Å². The lowest BCUT2D eigenvalue weighted by Crippen LogP contribution is -2.42. The third kappa shape index (κ3) is 5.66. The number of amides is 2. The third-order valence-electron chi connectivity index (χ3n) is 6.77.